The Morgan fingerprint density at radius 1 is 0.964 bits per heavy atom. The van der Waals surface area contributed by atoms with Crippen LogP contribution in [0.3, 0.4) is 0 Å². The van der Waals surface area contributed by atoms with E-state index in [0.29, 0.717) is 16.5 Å². The van der Waals surface area contributed by atoms with Gasteiger partial charge in [-0.1, -0.05) is 18.2 Å². The number of hydrogen-bond donors (Lipinski definition) is 0. The van der Waals surface area contributed by atoms with Gasteiger partial charge in [0.25, 0.3) is 5.60 Å². The van der Waals surface area contributed by atoms with Gasteiger partial charge < -0.3 is 18.9 Å². The third-order valence-corrected chi connectivity index (χ3v) is 4.20. The zero-order chi connectivity index (χ0) is 21.1. The summed E-state index contributed by atoms with van der Waals surface area (Å²) >= 11 is 0. The van der Waals surface area contributed by atoms with E-state index in [1.54, 1.807) is 45.0 Å². The summed E-state index contributed by atoms with van der Waals surface area (Å²) in [6, 6.07) is 7.08. The van der Waals surface area contributed by atoms with Crippen LogP contribution in [0.2, 0.25) is 0 Å². The van der Waals surface area contributed by atoms with Crippen LogP contribution >= 0.6 is 0 Å². The number of benzene rings is 1. The maximum Gasteiger partial charge on any atom is 0.419 e. The van der Waals surface area contributed by atoms with E-state index in [9.17, 15) is 14.4 Å². The van der Waals surface area contributed by atoms with Crippen LogP contribution < -0.4 is 0 Å². The minimum Gasteiger partial charge on any atom is -0.466 e. The quantitative estimate of drug-likeness (QED) is 0.439. The fourth-order valence-electron chi connectivity index (χ4n) is 2.92. The molecule has 0 fully saturated rings. The van der Waals surface area contributed by atoms with E-state index in [1.807, 2.05) is 0 Å². The predicted octanol–water partition coefficient (Wildman–Crippen LogP) is 2.70. The summed E-state index contributed by atoms with van der Waals surface area (Å²) in [5.74, 6) is -1.79. The van der Waals surface area contributed by atoms with Gasteiger partial charge in [-0.05, 0) is 32.4 Å². The second-order valence-corrected chi connectivity index (χ2v) is 7.21. The highest BCUT2D eigenvalue weighted by atomic mass is 16.6. The second kappa shape index (κ2) is 8.02. The summed E-state index contributed by atoms with van der Waals surface area (Å²) in [4.78, 5) is 37.4. The monoisotopic (exact) mass is 391 g/mol. The first kappa shape index (κ1) is 21.4. The molecule has 0 aliphatic rings. The van der Waals surface area contributed by atoms with E-state index < -0.39 is 29.2 Å². The molecule has 152 valence electrons. The maximum absolute atomic E-state index is 12.6. The molecule has 0 unspecified atom stereocenters. The SMILES string of the molecule is COC(=O)C(Cc1cn(C(=O)OC(C)(C)C)c2ccccc12)(OC)C(=O)OC. The van der Waals surface area contributed by atoms with Gasteiger partial charge in [0.15, 0.2) is 0 Å². The summed E-state index contributed by atoms with van der Waals surface area (Å²) in [6.07, 6.45) is 0.770. The van der Waals surface area contributed by atoms with E-state index in [0.717, 1.165) is 14.2 Å². The van der Waals surface area contributed by atoms with Gasteiger partial charge in [0, 0.05) is 25.1 Å². The molecule has 2 aromatic rings. The molecule has 2 rings (SSSR count). The predicted molar refractivity (Wildman–Crippen MR) is 101 cm³/mol. The molecule has 28 heavy (non-hydrogen) atoms. The van der Waals surface area contributed by atoms with E-state index >= 15 is 0 Å². The molecule has 0 aliphatic carbocycles. The second-order valence-electron chi connectivity index (χ2n) is 7.21. The molecule has 0 saturated carbocycles. The number of carbonyl (C=O) groups is 3. The van der Waals surface area contributed by atoms with Crippen LogP contribution in [-0.2, 0) is 35.0 Å². The largest absolute Gasteiger partial charge is 0.466 e. The first-order valence-corrected chi connectivity index (χ1v) is 8.64. The van der Waals surface area contributed by atoms with Crippen molar-refractivity contribution in [3.63, 3.8) is 0 Å². The van der Waals surface area contributed by atoms with Gasteiger partial charge in [0.1, 0.15) is 5.60 Å². The molecule has 0 radical (unpaired) electrons. The van der Waals surface area contributed by atoms with Crippen molar-refractivity contribution in [1.29, 1.82) is 0 Å². The normalized spacial score (nSPS) is 11.9. The number of aromatic nitrogens is 1. The van der Waals surface area contributed by atoms with Gasteiger partial charge in [-0.3, -0.25) is 4.57 Å². The van der Waals surface area contributed by atoms with Gasteiger partial charge in [-0.15, -0.1) is 0 Å². The highest BCUT2D eigenvalue weighted by molar-refractivity contribution is 6.04. The molecule has 0 amide bonds. The Kier molecular flexibility index (Phi) is 6.14. The number of methoxy groups -OCH3 is 3. The molecule has 1 aromatic carbocycles. The first-order chi connectivity index (χ1) is 13.1. The Balaban J connectivity index is 2.59. The zero-order valence-corrected chi connectivity index (χ0v) is 16.9. The Bertz CT molecular complexity index is 876. The number of esters is 2. The lowest BCUT2D eigenvalue weighted by Crippen LogP contribution is -2.51. The molecule has 0 atom stereocenters. The number of ether oxygens (including phenoxy) is 4. The number of rotatable bonds is 5. The van der Waals surface area contributed by atoms with Crippen molar-refractivity contribution in [2.75, 3.05) is 21.3 Å². The van der Waals surface area contributed by atoms with Crippen molar-refractivity contribution in [3.05, 3.63) is 36.0 Å². The van der Waals surface area contributed by atoms with E-state index in [1.165, 1.54) is 17.9 Å². The Hall–Kier alpha value is -2.87. The Morgan fingerprint density at radius 2 is 1.54 bits per heavy atom. The molecule has 1 aromatic heterocycles. The lowest BCUT2D eigenvalue weighted by molar-refractivity contribution is -0.184. The fraction of sp³-hybridized carbons (Fsp3) is 0.450. The van der Waals surface area contributed by atoms with Gasteiger partial charge in [0.05, 0.1) is 19.7 Å². The van der Waals surface area contributed by atoms with Gasteiger partial charge >= 0.3 is 18.0 Å². The van der Waals surface area contributed by atoms with Crippen molar-refractivity contribution in [2.24, 2.45) is 0 Å². The topological polar surface area (TPSA) is 93.1 Å². The van der Waals surface area contributed by atoms with Crippen LogP contribution in [0.25, 0.3) is 10.9 Å². The molecule has 0 spiro atoms. The third kappa shape index (κ3) is 4.01. The van der Waals surface area contributed by atoms with Crippen molar-refractivity contribution < 1.29 is 33.3 Å². The first-order valence-electron chi connectivity index (χ1n) is 8.64. The fourth-order valence-corrected chi connectivity index (χ4v) is 2.92. The molecule has 0 bridgehead atoms. The summed E-state index contributed by atoms with van der Waals surface area (Å²) in [6.45, 7) is 5.30. The summed E-state index contributed by atoms with van der Waals surface area (Å²) in [5.41, 5.74) is -1.57. The number of para-hydroxylation sites is 1. The highest BCUT2D eigenvalue weighted by Crippen LogP contribution is 2.29. The van der Waals surface area contributed by atoms with E-state index in [-0.39, 0.29) is 6.42 Å². The lowest BCUT2D eigenvalue weighted by atomic mass is 9.94. The van der Waals surface area contributed by atoms with Crippen LogP contribution in [0.1, 0.15) is 26.3 Å². The van der Waals surface area contributed by atoms with Crippen molar-refractivity contribution in [1.82, 2.24) is 4.57 Å². The molecular weight excluding hydrogens is 366 g/mol. The summed E-state index contributed by atoms with van der Waals surface area (Å²) in [5, 5.41) is 0.669. The van der Waals surface area contributed by atoms with Crippen molar-refractivity contribution in [2.45, 2.75) is 38.4 Å². The van der Waals surface area contributed by atoms with Gasteiger partial charge in [0.2, 0.25) is 0 Å². The number of hydrogen-bond acceptors (Lipinski definition) is 7. The molecular formula is C20H25NO7. The van der Waals surface area contributed by atoms with Crippen LogP contribution in [0.4, 0.5) is 4.79 Å². The summed E-state index contributed by atoms with van der Waals surface area (Å²) < 4.78 is 21.6. The van der Waals surface area contributed by atoms with Crippen LogP contribution in [-0.4, -0.2) is 55.1 Å². The summed E-state index contributed by atoms with van der Waals surface area (Å²) in [7, 11) is 3.53. The van der Waals surface area contributed by atoms with Gasteiger partial charge in [-0.25, -0.2) is 14.4 Å². The van der Waals surface area contributed by atoms with Crippen LogP contribution in [0.15, 0.2) is 30.5 Å². The average Bonchev–Trinajstić information content (AvgIpc) is 3.02. The average molecular weight is 391 g/mol. The number of carbonyl (C=O) groups excluding carboxylic acids is 3. The smallest absolute Gasteiger partial charge is 0.419 e. The Labute approximate surface area is 163 Å². The molecule has 0 N–H and O–H groups in total. The van der Waals surface area contributed by atoms with Crippen LogP contribution in [0.5, 0.6) is 0 Å². The number of nitrogens with zero attached hydrogens (tertiary/aromatic N) is 1. The van der Waals surface area contributed by atoms with E-state index in [2.05, 4.69) is 0 Å². The molecule has 0 saturated heterocycles. The minimum atomic E-state index is -1.99. The Morgan fingerprint density at radius 3 is 2.04 bits per heavy atom. The van der Waals surface area contributed by atoms with Crippen LogP contribution in [0, 0.1) is 0 Å². The van der Waals surface area contributed by atoms with Gasteiger partial charge in [-0.2, -0.15) is 0 Å². The number of fused-ring (bicyclic) bond motifs is 1. The molecule has 1 heterocycles. The highest BCUT2D eigenvalue weighted by Gasteiger charge is 2.50. The van der Waals surface area contributed by atoms with Crippen molar-refractivity contribution in [3.8, 4) is 0 Å². The molecule has 8 heteroatoms. The standard InChI is InChI=1S/C20H25NO7/c1-19(2,3)28-18(24)21-12-13(14-9-7-8-10-15(14)21)11-20(27-6,16(22)25-4)17(23)26-5/h7-10,12H,11H2,1-6H3. The lowest BCUT2D eigenvalue weighted by Gasteiger charge is -2.26. The van der Waals surface area contributed by atoms with E-state index in [4.69, 9.17) is 18.9 Å². The third-order valence-electron chi connectivity index (χ3n) is 4.20. The molecule has 8 nitrogen and oxygen atoms in total. The minimum absolute atomic E-state index is 0.181. The molecule has 0 aliphatic heterocycles. The maximum atomic E-state index is 12.6. The van der Waals surface area contributed by atoms with Crippen molar-refractivity contribution >= 4 is 28.9 Å². The zero-order valence-electron chi connectivity index (χ0n) is 16.9.